The van der Waals surface area contributed by atoms with Gasteiger partial charge in [0.15, 0.2) is 0 Å². The van der Waals surface area contributed by atoms with Gasteiger partial charge in [-0.25, -0.2) is 4.98 Å². The second kappa shape index (κ2) is 10.9. The summed E-state index contributed by atoms with van der Waals surface area (Å²) >= 11 is 13.0. The Kier molecular flexibility index (Phi) is 7.64. The number of aliphatic hydroxyl groups is 1. The number of nitrogens with zero attached hydrogens (tertiary/aromatic N) is 5. The van der Waals surface area contributed by atoms with E-state index in [0.29, 0.717) is 50.9 Å². The molecule has 1 amide bonds. The Balaban J connectivity index is 1.53. The number of piperazine rings is 1. The van der Waals surface area contributed by atoms with Crippen LogP contribution in [-0.2, 0) is 11.3 Å². The highest BCUT2D eigenvalue weighted by Gasteiger charge is 2.33. The van der Waals surface area contributed by atoms with E-state index >= 15 is 0 Å². The number of pyridine rings is 1. The summed E-state index contributed by atoms with van der Waals surface area (Å²) in [4.78, 5) is 38.1. The number of carbonyl (C=O) groups is 1. The Morgan fingerprint density at radius 3 is 2.62 bits per heavy atom. The lowest BCUT2D eigenvalue weighted by molar-refractivity contribution is -0.122. The smallest absolute Gasteiger partial charge is 0.267 e. The first-order valence-corrected chi connectivity index (χ1v) is 13.6. The molecule has 0 saturated carbocycles. The minimum absolute atomic E-state index is 0.107. The van der Waals surface area contributed by atoms with E-state index in [0.717, 1.165) is 24.2 Å². The largest absolute Gasteiger partial charge is 0.395 e. The van der Waals surface area contributed by atoms with Gasteiger partial charge in [-0.05, 0) is 36.3 Å². The van der Waals surface area contributed by atoms with Crippen LogP contribution in [0.4, 0.5) is 5.82 Å². The molecule has 1 aromatic carbocycles. The number of aliphatic hydroxyl groups excluding tert-OH is 1. The second-order valence-corrected chi connectivity index (χ2v) is 11.1. The maximum atomic E-state index is 13.7. The molecule has 8 nitrogen and oxygen atoms in total. The molecule has 0 aliphatic carbocycles. The van der Waals surface area contributed by atoms with Gasteiger partial charge in [0.2, 0.25) is 0 Å². The normalized spacial score (nSPS) is 18.0. The Morgan fingerprint density at radius 1 is 1.14 bits per heavy atom. The molecular weight excluding hydrogens is 530 g/mol. The number of β-amino-alcohol motifs (C(OH)–C–C–N with tert-alkyl or cyclic N) is 1. The number of benzene rings is 1. The predicted octanol–water partition coefficient (Wildman–Crippen LogP) is 3.17. The van der Waals surface area contributed by atoms with Crippen LogP contribution in [0, 0.1) is 6.92 Å². The highest BCUT2D eigenvalue weighted by atomic mass is 35.5. The first-order valence-electron chi connectivity index (χ1n) is 12.0. The average molecular weight is 556 g/mol. The fraction of sp³-hybridized carbons (Fsp3) is 0.308. The molecule has 37 heavy (non-hydrogen) atoms. The number of fused-ring (bicyclic) bond motifs is 1. The molecular formula is C26H26ClN5O3S2. The molecule has 11 heteroatoms. The summed E-state index contributed by atoms with van der Waals surface area (Å²) in [7, 11) is 0. The summed E-state index contributed by atoms with van der Waals surface area (Å²) in [5, 5.41) is 9.85. The number of thiocarbonyl (C=S) groups is 1. The van der Waals surface area contributed by atoms with Crippen molar-refractivity contribution < 1.29 is 9.90 Å². The van der Waals surface area contributed by atoms with Gasteiger partial charge < -0.3 is 10.0 Å². The summed E-state index contributed by atoms with van der Waals surface area (Å²) < 4.78 is 1.94. The number of halogens is 1. The third kappa shape index (κ3) is 5.30. The van der Waals surface area contributed by atoms with Crippen LogP contribution in [0.3, 0.4) is 0 Å². The lowest BCUT2D eigenvalue weighted by Gasteiger charge is -2.35. The van der Waals surface area contributed by atoms with E-state index in [2.05, 4.69) is 9.80 Å². The van der Waals surface area contributed by atoms with Crippen LogP contribution in [0.15, 0.2) is 52.3 Å². The van der Waals surface area contributed by atoms with E-state index in [1.807, 2.05) is 37.3 Å². The average Bonchev–Trinajstić information content (AvgIpc) is 3.15. The van der Waals surface area contributed by atoms with Crippen molar-refractivity contribution in [2.45, 2.75) is 13.5 Å². The van der Waals surface area contributed by atoms with Crippen molar-refractivity contribution in [2.75, 3.05) is 44.2 Å². The summed E-state index contributed by atoms with van der Waals surface area (Å²) in [5.74, 6) is 0.288. The van der Waals surface area contributed by atoms with E-state index in [4.69, 9.17) is 28.8 Å². The Morgan fingerprint density at radius 2 is 1.89 bits per heavy atom. The first-order chi connectivity index (χ1) is 17.9. The molecule has 0 atom stereocenters. The fourth-order valence-electron chi connectivity index (χ4n) is 4.50. The highest BCUT2D eigenvalue weighted by Crippen LogP contribution is 2.35. The zero-order valence-corrected chi connectivity index (χ0v) is 22.7. The monoisotopic (exact) mass is 555 g/mol. The van der Waals surface area contributed by atoms with Crippen LogP contribution in [0.1, 0.15) is 16.7 Å². The molecule has 2 aromatic heterocycles. The van der Waals surface area contributed by atoms with Crippen LogP contribution < -0.4 is 10.5 Å². The first kappa shape index (κ1) is 25.9. The lowest BCUT2D eigenvalue weighted by Crippen LogP contribution is -2.48. The molecule has 2 aliphatic rings. The van der Waals surface area contributed by atoms with Crippen molar-refractivity contribution in [3.8, 4) is 0 Å². The van der Waals surface area contributed by atoms with E-state index < -0.39 is 0 Å². The number of carbonyl (C=O) groups excluding carboxylic acids is 1. The molecule has 0 bridgehead atoms. The van der Waals surface area contributed by atoms with Crippen molar-refractivity contribution >= 4 is 63.3 Å². The van der Waals surface area contributed by atoms with Gasteiger partial charge in [0.1, 0.15) is 15.8 Å². The molecule has 0 spiro atoms. The zero-order valence-electron chi connectivity index (χ0n) is 20.3. The Labute approximate surface area is 229 Å². The highest BCUT2D eigenvalue weighted by molar-refractivity contribution is 8.26. The van der Waals surface area contributed by atoms with Crippen molar-refractivity contribution in [3.63, 3.8) is 0 Å². The number of rotatable bonds is 6. The van der Waals surface area contributed by atoms with Gasteiger partial charge in [-0.3, -0.25) is 23.8 Å². The standard InChI is InChI=1S/C26H26ClN5O3S2/c1-17-6-7-22-28-23(30-10-8-29(9-11-30)12-13-33)19(24(34)31(22)15-17)14-21-25(35)32(26(36)37-21)16-18-4-2-3-5-20(18)27/h2-7,14-15,33H,8-13,16H2,1H3/b21-14+. The number of thioether (sulfide) groups is 1. The van der Waals surface area contributed by atoms with Crippen LogP contribution in [0.5, 0.6) is 0 Å². The van der Waals surface area contributed by atoms with E-state index in [-0.39, 0.29) is 24.6 Å². The van der Waals surface area contributed by atoms with E-state index in [1.165, 1.54) is 21.1 Å². The van der Waals surface area contributed by atoms with Crippen LogP contribution in [0.2, 0.25) is 5.02 Å². The van der Waals surface area contributed by atoms with Crippen LogP contribution >= 0.6 is 35.6 Å². The van der Waals surface area contributed by atoms with Gasteiger partial charge in [0, 0.05) is 43.9 Å². The zero-order chi connectivity index (χ0) is 26.1. The Bertz CT molecular complexity index is 1470. The minimum Gasteiger partial charge on any atom is -0.395 e. The number of hydrogen-bond acceptors (Lipinski definition) is 8. The second-order valence-electron chi connectivity index (χ2n) is 9.00. The maximum Gasteiger partial charge on any atom is 0.267 e. The summed E-state index contributed by atoms with van der Waals surface area (Å²) in [6.45, 7) is 5.70. The third-order valence-electron chi connectivity index (χ3n) is 6.51. The SMILES string of the molecule is Cc1ccc2nc(N3CCN(CCO)CC3)c(/C=C3/SC(=S)N(Cc4ccccc4Cl)C3=O)c(=O)n2c1. The van der Waals surface area contributed by atoms with Gasteiger partial charge in [0.25, 0.3) is 11.5 Å². The molecule has 3 aromatic rings. The van der Waals surface area contributed by atoms with Crippen molar-refractivity contribution in [2.24, 2.45) is 0 Å². The van der Waals surface area contributed by atoms with Gasteiger partial charge in [-0.2, -0.15) is 0 Å². The third-order valence-corrected chi connectivity index (χ3v) is 8.26. The molecule has 0 unspecified atom stereocenters. The summed E-state index contributed by atoms with van der Waals surface area (Å²) in [6, 6.07) is 11.1. The molecule has 4 heterocycles. The number of anilines is 1. The fourth-order valence-corrected chi connectivity index (χ4v) is 5.94. The molecule has 192 valence electrons. The topological polar surface area (TPSA) is 81.4 Å². The predicted molar refractivity (Wildman–Crippen MR) is 152 cm³/mol. The van der Waals surface area contributed by atoms with Gasteiger partial charge in [-0.15, -0.1) is 0 Å². The molecule has 2 aliphatic heterocycles. The van der Waals surface area contributed by atoms with Crippen molar-refractivity contribution in [3.05, 3.63) is 79.6 Å². The van der Waals surface area contributed by atoms with Gasteiger partial charge >= 0.3 is 0 Å². The van der Waals surface area contributed by atoms with E-state index in [1.54, 1.807) is 18.3 Å². The lowest BCUT2D eigenvalue weighted by atomic mass is 10.2. The quantitative estimate of drug-likeness (QED) is 0.367. The van der Waals surface area contributed by atoms with Gasteiger partial charge in [0.05, 0.1) is 23.6 Å². The molecule has 2 fully saturated rings. The number of aromatic nitrogens is 2. The minimum atomic E-state index is -0.262. The summed E-state index contributed by atoms with van der Waals surface area (Å²) in [5.41, 5.74) is 2.39. The van der Waals surface area contributed by atoms with Gasteiger partial charge in [-0.1, -0.05) is 59.8 Å². The molecule has 2 saturated heterocycles. The molecule has 0 radical (unpaired) electrons. The number of hydrogen-bond donors (Lipinski definition) is 1. The number of aryl methyl sites for hydroxylation is 1. The maximum absolute atomic E-state index is 13.7. The van der Waals surface area contributed by atoms with Crippen LogP contribution in [0.25, 0.3) is 11.7 Å². The molecule has 1 N–H and O–H groups in total. The molecule has 5 rings (SSSR count). The number of amides is 1. The Hall–Kier alpha value is -2.76. The van der Waals surface area contributed by atoms with E-state index in [9.17, 15) is 14.7 Å². The van der Waals surface area contributed by atoms with Crippen molar-refractivity contribution in [1.29, 1.82) is 0 Å². The van der Waals surface area contributed by atoms with Crippen molar-refractivity contribution in [1.82, 2.24) is 19.2 Å². The van der Waals surface area contributed by atoms with Crippen LogP contribution in [-0.4, -0.2) is 73.8 Å². The summed E-state index contributed by atoms with van der Waals surface area (Å²) in [6.07, 6.45) is 3.39.